The number of halogens is 1. The molecule has 5 rings (SSSR count). The van der Waals surface area contributed by atoms with Crippen molar-refractivity contribution in [1.29, 1.82) is 0 Å². The van der Waals surface area contributed by atoms with Gasteiger partial charge in [0.1, 0.15) is 42.4 Å². The van der Waals surface area contributed by atoms with Crippen molar-refractivity contribution >= 4 is 69.0 Å². The molecule has 2 aliphatic heterocycles. The summed E-state index contributed by atoms with van der Waals surface area (Å²) >= 11 is 8.57. The zero-order chi connectivity index (χ0) is 26.3. The number of amides is 2. The molecule has 0 radical (unpaired) electrons. The third kappa shape index (κ3) is 4.45. The molecular formula is C21H19ClN7O6S2+. The van der Waals surface area contributed by atoms with Crippen LogP contribution in [0.15, 0.2) is 52.6 Å². The number of hydrogen-bond acceptors (Lipinski definition) is 10. The van der Waals surface area contributed by atoms with E-state index in [-0.39, 0.29) is 40.5 Å². The fourth-order valence-corrected chi connectivity index (χ4v) is 5.99. The van der Waals surface area contributed by atoms with Crippen molar-refractivity contribution < 1.29 is 33.6 Å². The molecule has 1 saturated heterocycles. The van der Waals surface area contributed by atoms with Gasteiger partial charge in [-0.1, -0.05) is 5.16 Å². The molecule has 4 N–H and O–H groups in total. The molecule has 0 aliphatic carbocycles. The van der Waals surface area contributed by atoms with Crippen molar-refractivity contribution in [3.8, 4) is 0 Å². The first kappa shape index (κ1) is 24.9. The van der Waals surface area contributed by atoms with E-state index in [2.05, 4.69) is 15.5 Å². The van der Waals surface area contributed by atoms with Crippen LogP contribution in [-0.2, 0) is 30.7 Å². The molecule has 192 valence electrons. The van der Waals surface area contributed by atoms with Gasteiger partial charge in [0.15, 0.2) is 21.7 Å². The van der Waals surface area contributed by atoms with Crippen LogP contribution in [0.25, 0.3) is 5.65 Å². The molecule has 0 unspecified atom stereocenters. The summed E-state index contributed by atoms with van der Waals surface area (Å²) < 4.78 is 9.34. The highest BCUT2D eigenvalue weighted by atomic mass is 35.5. The number of fused-ring (bicyclic) bond motifs is 2. The molecule has 16 heteroatoms. The van der Waals surface area contributed by atoms with Crippen LogP contribution in [0.5, 0.6) is 0 Å². The van der Waals surface area contributed by atoms with Crippen LogP contribution in [0.2, 0.25) is 5.15 Å². The Kier molecular flexibility index (Phi) is 6.66. The number of aromatic nitrogens is 3. The number of nitrogens with two attached hydrogens (primary N) is 1. The number of hydrogen-bond donors (Lipinski definition) is 3. The Bertz CT molecular complexity index is 1480. The largest absolute Gasteiger partial charge is 0.476 e. The lowest BCUT2D eigenvalue weighted by molar-refractivity contribution is -0.705. The summed E-state index contributed by atoms with van der Waals surface area (Å²) in [5.41, 5.74) is 6.16. The minimum Gasteiger partial charge on any atom is -0.476 e. The van der Waals surface area contributed by atoms with Crippen molar-refractivity contribution in [3.05, 3.63) is 58.3 Å². The van der Waals surface area contributed by atoms with Crippen molar-refractivity contribution in [1.82, 2.24) is 19.6 Å². The van der Waals surface area contributed by atoms with Gasteiger partial charge in [-0.15, -0.1) is 23.1 Å². The molecule has 2 amide bonds. The van der Waals surface area contributed by atoms with Crippen molar-refractivity contribution in [2.75, 3.05) is 18.6 Å². The maximum atomic E-state index is 13.0. The Morgan fingerprint density at radius 3 is 2.95 bits per heavy atom. The second-order valence-corrected chi connectivity index (χ2v) is 10.1. The van der Waals surface area contributed by atoms with Crippen molar-refractivity contribution in [2.24, 2.45) is 5.16 Å². The van der Waals surface area contributed by atoms with Crippen LogP contribution >= 0.6 is 34.7 Å². The lowest BCUT2D eigenvalue weighted by Gasteiger charge is -2.48. The van der Waals surface area contributed by atoms with E-state index >= 15 is 0 Å². The van der Waals surface area contributed by atoms with Gasteiger partial charge in [-0.25, -0.2) is 9.78 Å². The summed E-state index contributed by atoms with van der Waals surface area (Å²) in [4.78, 5) is 47.8. The fourth-order valence-electron chi connectivity index (χ4n) is 3.95. The highest BCUT2D eigenvalue weighted by Gasteiger charge is 2.55. The van der Waals surface area contributed by atoms with Gasteiger partial charge in [0.05, 0.1) is 5.75 Å². The molecule has 1 fully saturated rings. The molecule has 37 heavy (non-hydrogen) atoms. The standard InChI is InChI=1S/C21H18ClN7O6S2/c1-34-26-14(10-7-37-21(23)24-10)17(30)25-15-18(31)29-16(20(32)33)11(8-36-19(15)29)35-9-27-5-6-28-12(22)3-2-4-13(27)28/h2-7,15,19H,8-9H2,1H3,(H3-,23,24,25,30,32,33)/p+1/b26-14-/t15-,19-/m1/s1. The topological polar surface area (TPSA) is 165 Å². The van der Waals surface area contributed by atoms with Crippen molar-refractivity contribution in [3.63, 3.8) is 0 Å². The van der Waals surface area contributed by atoms with E-state index < -0.39 is 29.2 Å². The van der Waals surface area contributed by atoms with E-state index in [0.717, 1.165) is 21.9 Å². The van der Waals surface area contributed by atoms with Gasteiger partial charge in [0, 0.05) is 11.4 Å². The van der Waals surface area contributed by atoms with Crippen LogP contribution < -0.4 is 15.6 Å². The quantitative estimate of drug-likeness (QED) is 0.117. The Morgan fingerprint density at radius 1 is 1.43 bits per heavy atom. The molecule has 0 spiro atoms. The summed E-state index contributed by atoms with van der Waals surface area (Å²) in [5, 5.41) is 17.8. The number of aliphatic carboxylic acids is 1. The lowest BCUT2D eigenvalue weighted by Crippen LogP contribution is -2.71. The zero-order valence-corrected chi connectivity index (χ0v) is 21.4. The number of rotatable bonds is 8. The number of oxime groups is 1. The Morgan fingerprint density at radius 2 is 2.24 bits per heavy atom. The minimum absolute atomic E-state index is 0.00396. The van der Waals surface area contributed by atoms with E-state index in [1.54, 1.807) is 33.5 Å². The van der Waals surface area contributed by atoms with Gasteiger partial charge < -0.3 is 25.7 Å². The second kappa shape index (κ2) is 9.91. The number of thiazole rings is 1. The number of nitrogens with one attached hydrogen (secondary N) is 1. The molecule has 3 aromatic rings. The molecule has 3 aromatic heterocycles. The highest BCUT2D eigenvalue weighted by Crippen LogP contribution is 2.40. The molecule has 0 bridgehead atoms. The number of ether oxygens (including phenoxy) is 1. The number of β-lactam (4-membered cyclic amide) rings is 1. The number of thioether (sulfide) groups is 1. The smallest absolute Gasteiger partial charge is 0.356 e. The average Bonchev–Trinajstić information content (AvgIpc) is 3.50. The van der Waals surface area contributed by atoms with Crippen LogP contribution in [0.3, 0.4) is 0 Å². The van der Waals surface area contributed by atoms with Gasteiger partial charge in [0.25, 0.3) is 17.5 Å². The summed E-state index contributed by atoms with van der Waals surface area (Å²) in [6.07, 6.45) is 3.50. The highest BCUT2D eigenvalue weighted by molar-refractivity contribution is 8.00. The minimum atomic E-state index is -1.31. The van der Waals surface area contributed by atoms with E-state index in [0.29, 0.717) is 5.15 Å². The lowest BCUT2D eigenvalue weighted by atomic mass is 10.0. The summed E-state index contributed by atoms with van der Waals surface area (Å²) in [6.45, 7) is 0.00396. The number of anilines is 1. The Hall–Kier alpha value is -3.82. The fraction of sp³-hybridized carbons (Fsp3) is 0.238. The number of pyridine rings is 1. The Labute approximate surface area is 222 Å². The summed E-state index contributed by atoms with van der Waals surface area (Å²) in [5.74, 6) is -2.29. The number of carbonyl (C=O) groups is 3. The first-order valence-corrected chi connectivity index (χ1v) is 12.9. The van der Waals surface area contributed by atoms with Crippen LogP contribution in [0.1, 0.15) is 5.69 Å². The summed E-state index contributed by atoms with van der Waals surface area (Å²) in [6, 6.07) is 4.39. The molecule has 5 heterocycles. The second-order valence-electron chi connectivity index (χ2n) is 7.75. The molecule has 2 aliphatic rings. The van der Waals surface area contributed by atoms with E-state index in [1.165, 1.54) is 24.3 Å². The first-order chi connectivity index (χ1) is 17.8. The van der Waals surface area contributed by atoms with E-state index in [4.69, 9.17) is 26.9 Å². The molecular weight excluding hydrogens is 546 g/mol. The van der Waals surface area contributed by atoms with E-state index in [9.17, 15) is 19.5 Å². The number of nitrogen functional groups attached to an aromatic ring is 1. The SMILES string of the molecule is CO/N=C(\C(=O)N[C@@H]1C(=O)N2C(C(=O)O)=C(OC[n+]3ccn4c(Cl)cccc43)CS[C@H]12)c1csc(N)n1. The maximum absolute atomic E-state index is 13.0. The monoisotopic (exact) mass is 564 g/mol. The normalized spacial score (nSPS) is 19.5. The zero-order valence-electron chi connectivity index (χ0n) is 19.0. The third-order valence-electron chi connectivity index (χ3n) is 5.61. The number of carboxylic acid groups (broad SMARTS) is 1. The predicted octanol–water partition coefficient (Wildman–Crippen LogP) is 0.640. The van der Waals surface area contributed by atoms with E-state index in [1.807, 2.05) is 6.07 Å². The number of imidazole rings is 1. The van der Waals surface area contributed by atoms with Crippen molar-refractivity contribution in [2.45, 2.75) is 18.1 Å². The van der Waals surface area contributed by atoms with Gasteiger partial charge in [-0.05, 0) is 23.7 Å². The maximum Gasteiger partial charge on any atom is 0.356 e. The molecule has 2 atom stereocenters. The predicted molar refractivity (Wildman–Crippen MR) is 133 cm³/mol. The average molecular weight is 565 g/mol. The van der Waals surface area contributed by atoms with Crippen LogP contribution in [0.4, 0.5) is 5.13 Å². The number of carbonyl (C=O) groups excluding carboxylic acids is 2. The van der Waals surface area contributed by atoms with Gasteiger partial charge in [0.2, 0.25) is 6.73 Å². The number of carboxylic acids is 1. The molecule has 13 nitrogen and oxygen atoms in total. The van der Waals surface area contributed by atoms with Gasteiger partial charge >= 0.3 is 5.97 Å². The van der Waals surface area contributed by atoms with Crippen LogP contribution in [-0.4, -0.2) is 67.2 Å². The third-order valence-corrected chi connectivity index (χ3v) is 7.84. The summed E-state index contributed by atoms with van der Waals surface area (Å²) in [7, 11) is 1.27. The Balaban J connectivity index is 1.32. The van der Waals surface area contributed by atoms with Gasteiger partial charge in [-0.3, -0.25) is 14.5 Å². The van der Waals surface area contributed by atoms with Gasteiger partial charge in [-0.2, -0.15) is 8.97 Å². The molecule has 0 aromatic carbocycles. The number of nitrogens with zero attached hydrogens (tertiary/aromatic N) is 5. The van der Waals surface area contributed by atoms with Crippen LogP contribution in [0, 0.1) is 0 Å². The molecule has 0 saturated carbocycles. The first-order valence-electron chi connectivity index (χ1n) is 10.6.